The van der Waals surface area contributed by atoms with Crippen LogP contribution in [0.2, 0.25) is 0 Å². The summed E-state index contributed by atoms with van der Waals surface area (Å²) in [5.74, 6) is -0.672. The van der Waals surface area contributed by atoms with E-state index in [1.54, 1.807) is 0 Å². The number of nitrogens with one attached hydrogen (secondary N) is 1. The van der Waals surface area contributed by atoms with Crippen LogP contribution in [0.1, 0.15) is 33.1 Å². The Morgan fingerprint density at radius 3 is 2.47 bits per heavy atom. The van der Waals surface area contributed by atoms with Crippen LogP contribution in [0.15, 0.2) is 0 Å². The largest absolute Gasteiger partial charge is 0.481 e. The van der Waals surface area contributed by atoms with Gasteiger partial charge in [0.05, 0.1) is 6.04 Å². The van der Waals surface area contributed by atoms with E-state index in [1.165, 1.54) is 0 Å². The average molecular weight is 216 g/mol. The molecule has 0 aliphatic rings. The highest BCUT2D eigenvalue weighted by Gasteiger charge is 2.13. The number of carboxylic acid groups (broad SMARTS) is 1. The maximum absolute atomic E-state index is 11.3. The minimum Gasteiger partial charge on any atom is -0.481 e. The third kappa shape index (κ3) is 7.93. The molecule has 1 atom stereocenters. The molecule has 0 spiro atoms. The first-order valence-electron chi connectivity index (χ1n) is 5.18. The third-order valence-corrected chi connectivity index (χ3v) is 1.93. The second-order valence-electron chi connectivity index (χ2n) is 4.02. The van der Waals surface area contributed by atoms with Crippen LogP contribution in [-0.4, -0.2) is 29.6 Å². The zero-order valence-corrected chi connectivity index (χ0v) is 9.32. The Labute approximate surface area is 90.0 Å². The van der Waals surface area contributed by atoms with E-state index >= 15 is 0 Å². The molecule has 5 nitrogen and oxygen atoms in total. The van der Waals surface area contributed by atoms with Crippen LogP contribution in [0.4, 0.5) is 0 Å². The SMILES string of the molecule is CC(C)C[C@H](N)C(=O)NCCCC(=O)O. The van der Waals surface area contributed by atoms with Gasteiger partial charge in [0.15, 0.2) is 0 Å². The van der Waals surface area contributed by atoms with E-state index in [1.807, 2.05) is 13.8 Å². The summed E-state index contributed by atoms with van der Waals surface area (Å²) < 4.78 is 0. The van der Waals surface area contributed by atoms with E-state index in [-0.39, 0.29) is 12.3 Å². The van der Waals surface area contributed by atoms with E-state index < -0.39 is 12.0 Å². The number of nitrogens with two attached hydrogens (primary N) is 1. The topological polar surface area (TPSA) is 92.4 Å². The van der Waals surface area contributed by atoms with Gasteiger partial charge in [-0.2, -0.15) is 0 Å². The van der Waals surface area contributed by atoms with Gasteiger partial charge in [-0.15, -0.1) is 0 Å². The standard InChI is InChI=1S/C10H20N2O3/c1-7(2)6-8(11)10(15)12-5-3-4-9(13)14/h7-8H,3-6,11H2,1-2H3,(H,12,15)(H,13,14)/t8-/m0/s1. The van der Waals surface area contributed by atoms with Crippen LogP contribution in [0, 0.1) is 5.92 Å². The molecule has 0 aromatic heterocycles. The summed E-state index contributed by atoms with van der Waals surface area (Å²) in [5.41, 5.74) is 5.63. The maximum atomic E-state index is 11.3. The number of carboxylic acids is 1. The molecule has 0 saturated heterocycles. The lowest BCUT2D eigenvalue weighted by Crippen LogP contribution is -2.41. The van der Waals surface area contributed by atoms with Crippen molar-refractivity contribution < 1.29 is 14.7 Å². The van der Waals surface area contributed by atoms with E-state index in [0.29, 0.717) is 25.3 Å². The van der Waals surface area contributed by atoms with Crippen molar-refractivity contribution in [3.63, 3.8) is 0 Å². The molecule has 0 radical (unpaired) electrons. The molecule has 0 bridgehead atoms. The van der Waals surface area contributed by atoms with Gasteiger partial charge in [0.1, 0.15) is 0 Å². The lowest BCUT2D eigenvalue weighted by Gasteiger charge is -2.13. The number of hydrogen-bond acceptors (Lipinski definition) is 3. The zero-order valence-electron chi connectivity index (χ0n) is 9.32. The fourth-order valence-corrected chi connectivity index (χ4v) is 1.20. The number of hydrogen-bond donors (Lipinski definition) is 3. The summed E-state index contributed by atoms with van der Waals surface area (Å²) in [6.45, 7) is 4.37. The molecule has 0 aromatic rings. The van der Waals surface area contributed by atoms with Crippen molar-refractivity contribution in [1.29, 1.82) is 0 Å². The zero-order chi connectivity index (χ0) is 11.8. The lowest BCUT2D eigenvalue weighted by molar-refractivity contribution is -0.137. The summed E-state index contributed by atoms with van der Waals surface area (Å²) >= 11 is 0. The first kappa shape index (κ1) is 13.9. The number of aliphatic carboxylic acids is 1. The number of carbonyl (C=O) groups is 2. The quantitative estimate of drug-likeness (QED) is 0.535. The highest BCUT2D eigenvalue weighted by Crippen LogP contribution is 2.02. The molecule has 0 aliphatic heterocycles. The highest BCUT2D eigenvalue weighted by molar-refractivity contribution is 5.81. The Morgan fingerprint density at radius 2 is 2.00 bits per heavy atom. The molecule has 4 N–H and O–H groups in total. The van der Waals surface area contributed by atoms with Crippen molar-refractivity contribution in [1.82, 2.24) is 5.32 Å². The maximum Gasteiger partial charge on any atom is 0.303 e. The van der Waals surface area contributed by atoms with Gasteiger partial charge in [-0.1, -0.05) is 13.8 Å². The fourth-order valence-electron chi connectivity index (χ4n) is 1.20. The summed E-state index contributed by atoms with van der Waals surface area (Å²) in [6, 6.07) is -0.491. The van der Waals surface area contributed by atoms with Crippen molar-refractivity contribution in [2.75, 3.05) is 6.54 Å². The van der Waals surface area contributed by atoms with Crippen LogP contribution >= 0.6 is 0 Å². The van der Waals surface area contributed by atoms with Gasteiger partial charge in [0.25, 0.3) is 0 Å². The number of rotatable bonds is 7. The van der Waals surface area contributed by atoms with Crippen molar-refractivity contribution >= 4 is 11.9 Å². The van der Waals surface area contributed by atoms with Gasteiger partial charge in [-0.05, 0) is 18.8 Å². The van der Waals surface area contributed by atoms with Gasteiger partial charge in [0.2, 0.25) is 5.91 Å². The average Bonchev–Trinajstić information content (AvgIpc) is 2.10. The highest BCUT2D eigenvalue weighted by atomic mass is 16.4. The molecule has 15 heavy (non-hydrogen) atoms. The predicted molar refractivity (Wildman–Crippen MR) is 57.3 cm³/mol. The van der Waals surface area contributed by atoms with Crippen molar-refractivity contribution in [2.24, 2.45) is 11.7 Å². The second-order valence-corrected chi connectivity index (χ2v) is 4.02. The molecule has 0 aliphatic carbocycles. The van der Waals surface area contributed by atoms with Crippen LogP contribution in [0.25, 0.3) is 0 Å². The van der Waals surface area contributed by atoms with E-state index in [9.17, 15) is 9.59 Å². The number of carbonyl (C=O) groups excluding carboxylic acids is 1. The molecule has 0 heterocycles. The Balaban J connectivity index is 3.60. The van der Waals surface area contributed by atoms with E-state index in [0.717, 1.165) is 0 Å². The first-order valence-corrected chi connectivity index (χ1v) is 5.18. The fraction of sp³-hybridized carbons (Fsp3) is 0.800. The molecule has 0 saturated carbocycles. The van der Waals surface area contributed by atoms with Crippen molar-refractivity contribution in [3.05, 3.63) is 0 Å². The van der Waals surface area contributed by atoms with Crippen LogP contribution < -0.4 is 11.1 Å². The van der Waals surface area contributed by atoms with Crippen LogP contribution in [-0.2, 0) is 9.59 Å². The predicted octanol–water partition coefficient (Wildman–Crippen LogP) is 0.341. The second kappa shape index (κ2) is 7.23. The van der Waals surface area contributed by atoms with E-state index in [4.69, 9.17) is 10.8 Å². The number of amides is 1. The Bertz CT molecular complexity index is 217. The molecular weight excluding hydrogens is 196 g/mol. The van der Waals surface area contributed by atoms with Gasteiger partial charge in [0, 0.05) is 13.0 Å². The molecule has 0 unspecified atom stereocenters. The third-order valence-electron chi connectivity index (χ3n) is 1.93. The minimum absolute atomic E-state index is 0.0691. The summed E-state index contributed by atoms with van der Waals surface area (Å²) in [6.07, 6.45) is 1.15. The Kier molecular flexibility index (Phi) is 6.70. The van der Waals surface area contributed by atoms with Gasteiger partial charge >= 0.3 is 5.97 Å². The van der Waals surface area contributed by atoms with E-state index in [2.05, 4.69) is 5.32 Å². The van der Waals surface area contributed by atoms with Crippen LogP contribution in [0.5, 0.6) is 0 Å². The summed E-state index contributed by atoms with van der Waals surface area (Å²) in [7, 11) is 0. The lowest BCUT2D eigenvalue weighted by atomic mass is 10.0. The molecule has 1 amide bonds. The van der Waals surface area contributed by atoms with Gasteiger partial charge in [-0.3, -0.25) is 9.59 Å². The molecule has 0 fully saturated rings. The molecule has 88 valence electrons. The van der Waals surface area contributed by atoms with Gasteiger partial charge < -0.3 is 16.2 Å². The molecule has 5 heteroatoms. The Hall–Kier alpha value is -1.10. The van der Waals surface area contributed by atoms with Crippen LogP contribution in [0.3, 0.4) is 0 Å². The Morgan fingerprint density at radius 1 is 1.40 bits per heavy atom. The summed E-state index contributed by atoms with van der Waals surface area (Å²) in [4.78, 5) is 21.5. The summed E-state index contributed by atoms with van der Waals surface area (Å²) in [5, 5.41) is 11.0. The minimum atomic E-state index is -0.851. The van der Waals surface area contributed by atoms with Crippen molar-refractivity contribution in [3.8, 4) is 0 Å². The smallest absolute Gasteiger partial charge is 0.303 e. The monoisotopic (exact) mass is 216 g/mol. The van der Waals surface area contributed by atoms with Crippen molar-refractivity contribution in [2.45, 2.75) is 39.2 Å². The molecule has 0 rings (SSSR count). The normalized spacial score (nSPS) is 12.5. The molecule has 0 aromatic carbocycles. The van der Waals surface area contributed by atoms with Gasteiger partial charge in [-0.25, -0.2) is 0 Å². The first-order chi connectivity index (χ1) is 6.93. The molecular formula is C10H20N2O3.